The Hall–Kier alpha value is -3.98. The number of nitrogens with zero attached hydrogens (tertiary/aromatic N) is 2. The van der Waals surface area contributed by atoms with Crippen LogP contribution in [-0.2, 0) is 24.3 Å². The molecule has 0 saturated carbocycles. The Morgan fingerprint density at radius 1 is 0.969 bits per heavy atom. The van der Waals surface area contributed by atoms with Crippen molar-refractivity contribution in [2.75, 3.05) is 18.0 Å². The van der Waals surface area contributed by atoms with E-state index in [0.717, 1.165) is 4.31 Å². The van der Waals surface area contributed by atoms with E-state index in [0.29, 0.717) is 11.3 Å². The van der Waals surface area contributed by atoms with Gasteiger partial charge in [-0.3, -0.25) is 9.10 Å². The lowest BCUT2D eigenvalue weighted by Gasteiger charge is -2.24. The third-order valence-corrected chi connectivity index (χ3v) is 5.93. The van der Waals surface area contributed by atoms with Gasteiger partial charge in [-0.1, -0.05) is 42.5 Å². The molecule has 0 saturated heterocycles. The highest BCUT2D eigenvalue weighted by atomic mass is 32.2. The van der Waals surface area contributed by atoms with Crippen molar-refractivity contribution in [3.8, 4) is 5.75 Å². The number of rotatable bonds is 8. The Balaban J connectivity index is 1.96. The quantitative estimate of drug-likeness (QED) is 0.294. The number of hydrogen-bond donors (Lipinski definition) is 0. The minimum absolute atomic E-state index is 0.173. The largest absolute Gasteiger partial charge is 0.468 e. The molecule has 0 fully saturated rings. The molecule has 0 unspecified atom stereocenters. The first kappa shape index (κ1) is 22.7. The average molecular weight is 452 g/mol. The lowest BCUT2D eigenvalue weighted by Crippen LogP contribution is -2.37. The van der Waals surface area contributed by atoms with E-state index in [1.807, 2.05) is 0 Å². The molecule has 0 spiro atoms. The van der Waals surface area contributed by atoms with Gasteiger partial charge in [0.25, 0.3) is 10.0 Å². The van der Waals surface area contributed by atoms with Gasteiger partial charge in [-0.2, -0.15) is 8.42 Å². The fourth-order valence-corrected chi connectivity index (χ4v) is 4.12. The minimum Gasteiger partial charge on any atom is -0.468 e. The summed E-state index contributed by atoms with van der Waals surface area (Å²) in [5.41, 5.74) is 0.549. The monoisotopic (exact) mass is 452 g/mol. The van der Waals surface area contributed by atoms with E-state index in [4.69, 9.17) is 4.74 Å². The molecule has 1 aromatic heterocycles. The van der Waals surface area contributed by atoms with E-state index in [2.05, 4.69) is 9.72 Å². The highest BCUT2D eigenvalue weighted by molar-refractivity contribution is 7.92. The van der Waals surface area contributed by atoms with E-state index >= 15 is 0 Å². The van der Waals surface area contributed by atoms with Crippen molar-refractivity contribution in [1.82, 2.24) is 4.98 Å². The van der Waals surface area contributed by atoms with Gasteiger partial charge < -0.3 is 9.47 Å². The molecule has 164 valence electrons. The van der Waals surface area contributed by atoms with Crippen LogP contribution in [0.25, 0.3) is 6.08 Å². The summed E-state index contributed by atoms with van der Waals surface area (Å²) < 4.78 is 37.3. The summed E-state index contributed by atoms with van der Waals surface area (Å²) in [5.74, 6) is -1.02. The lowest BCUT2D eigenvalue weighted by molar-refractivity contribution is -0.138. The van der Waals surface area contributed by atoms with Gasteiger partial charge in [0, 0.05) is 12.3 Å². The molecule has 0 aliphatic heterocycles. The normalized spacial score (nSPS) is 11.2. The summed E-state index contributed by atoms with van der Waals surface area (Å²) in [5, 5.41) is -0.230. The molecule has 0 aliphatic rings. The summed E-state index contributed by atoms with van der Waals surface area (Å²) in [7, 11) is -3.03. The van der Waals surface area contributed by atoms with E-state index in [-0.39, 0.29) is 10.7 Å². The molecule has 3 aromatic rings. The number of sulfonamides is 1. The second kappa shape index (κ2) is 10.4. The Morgan fingerprint density at radius 2 is 1.66 bits per heavy atom. The van der Waals surface area contributed by atoms with Crippen molar-refractivity contribution in [3.63, 3.8) is 0 Å². The maximum atomic E-state index is 13.3. The molecule has 3 rings (SSSR count). The summed E-state index contributed by atoms with van der Waals surface area (Å²) in [6.07, 6.45) is 3.93. The van der Waals surface area contributed by atoms with Crippen LogP contribution in [0.2, 0.25) is 0 Å². The summed E-state index contributed by atoms with van der Waals surface area (Å²) in [4.78, 5) is 28.1. The zero-order chi connectivity index (χ0) is 23.0. The molecule has 32 heavy (non-hydrogen) atoms. The van der Waals surface area contributed by atoms with Crippen LogP contribution in [0.1, 0.15) is 5.56 Å². The second-order valence-electron chi connectivity index (χ2n) is 6.38. The van der Waals surface area contributed by atoms with Gasteiger partial charge in [-0.15, -0.1) is 0 Å². The van der Waals surface area contributed by atoms with E-state index in [1.165, 1.54) is 43.7 Å². The van der Waals surface area contributed by atoms with Gasteiger partial charge in [-0.05, 0) is 42.0 Å². The van der Waals surface area contributed by atoms with Gasteiger partial charge >= 0.3 is 11.9 Å². The number of para-hydroxylation sites is 2. The molecule has 0 bridgehead atoms. The number of carbonyl (C=O) groups is 2. The van der Waals surface area contributed by atoms with E-state index in [1.54, 1.807) is 54.6 Å². The Bertz CT molecular complexity index is 1210. The zero-order valence-electron chi connectivity index (χ0n) is 17.1. The van der Waals surface area contributed by atoms with Crippen LogP contribution in [0.4, 0.5) is 5.69 Å². The van der Waals surface area contributed by atoms with Gasteiger partial charge in [0.2, 0.25) is 0 Å². The van der Waals surface area contributed by atoms with Gasteiger partial charge in [0.1, 0.15) is 12.3 Å². The predicted molar refractivity (Wildman–Crippen MR) is 118 cm³/mol. The number of ether oxygens (including phenoxy) is 2. The van der Waals surface area contributed by atoms with Crippen LogP contribution in [0.5, 0.6) is 5.75 Å². The Kier molecular flexibility index (Phi) is 7.35. The van der Waals surface area contributed by atoms with Crippen molar-refractivity contribution < 1.29 is 27.5 Å². The molecule has 0 amide bonds. The SMILES string of the molecule is COC(=O)CN(c1ccccc1/C=C/C(=O)Oc1ccccc1)S(=O)(=O)c1ccccn1. The van der Waals surface area contributed by atoms with E-state index in [9.17, 15) is 18.0 Å². The second-order valence-corrected chi connectivity index (χ2v) is 8.19. The van der Waals surface area contributed by atoms with Crippen LogP contribution in [-0.4, -0.2) is 39.0 Å². The molecule has 2 aromatic carbocycles. The summed E-state index contributed by atoms with van der Waals surface area (Å²) in [6, 6.07) is 19.4. The van der Waals surface area contributed by atoms with Crippen LogP contribution in [0, 0.1) is 0 Å². The van der Waals surface area contributed by atoms with Crippen molar-refractivity contribution in [1.29, 1.82) is 0 Å². The summed E-state index contributed by atoms with van der Waals surface area (Å²) >= 11 is 0. The standard InChI is InChI=1S/C23H20N2O6S/c1-30-23(27)17-25(32(28,29)21-13-7-8-16-24-21)20-12-6-5-9-18(20)14-15-22(26)31-19-10-3-2-4-11-19/h2-16H,17H2,1H3/b15-14+. The van der Waals surface area contributed by atoms with Gasteiger partial charge in [-0.25, -0.2) is 9.78 Å². The maximum Gasteiger partial charge on any atom is 0.336 e. The molecule has 0 radical (unpaired) electrons. The minimum atomic E-state index is -4.20. The molecule has 0 aliphatic carbocycles. The number of methoxy groups -OCH3 is 1. The van der Waals surface area contributed by atoms with Crippen LogP contribution in [0.15, 0.2) is 90.1 Å². The first-order valence-corrected chi connectivity index (χ1v) is 10.9. The van der Waals surface area contributed by atoms with Crippen LogP contribution < -0.4 is 9.04 Å². The highest BCUT2D eigenvalue weighted by Crippen LogP contribution is 2.27. The number of benzene rings is 2. The van der Waals surface area contributed by atoms with Crippen LogP contribution in [0.3, 0.4) is 0 Å². The number of pyridine rings is 1. The van der Waals surface area contributed by atoms with Gasteiger partial charge in [0.15, 0.2) is 5.03 Å². The first-order chi connectivity index (χ1) is 15.4. The number of hydrogen-bond acceptors (Lipinski definition) is 7. The number of esters is 2. The van der Waals surface area contributed by atoms with Crippen molar-refractivity contribution >= 4 is 33.7 Å². The number of anilines is 1. The maximum absolute atomic E-state index is 13.3. The van der Waals surface area contributed by atoms with Crippen molar-refractivity contribution in [2.24, 2.45) is 0 Å². The first-order valence-electron chi connectivity index (χ1n) is 9.46. The highest BCUT2D eigenvalue weighted by Gasteiger charge is 2.29. The Labute approximate surface area is 185 Å². The molecule has 1 heterocycles. The lowest BCUT2D eigenvalue weighted by atomic mass is 10.1. The smallest absolute Gasteiger partial charge is 0.336 e. The molecule has 0 atom stereocenters. The number of carbonyl (C=O) groups excluding carboxylic acids is 2. The van der Waals surface area contributed by atoms with E-state index < -0.39 is 28.5 Å². The average Bonchev–Trinajstić information content (AvgIpc) is 2.82. The topological polar surface area (TPSA) is 103 Å². The third-order valence-electron chi connectivity index (χ3n) is 4.26. The van der Waals surface area contributed by atoms with Crippen molar-refractivity contribution in [3.05, 3.63) is 90.6 Å². The zero-order valence-corrected chi connectivity index (χ0v) is 17.9. The third kappa shape index (κ3) is 5.58. The predicted octanol–water partition coefficient (Wildman–Crippen LogP) is 3.07. The summed E-state index contributed by atoms with van der Waals surface area (Å²) in [6.45, 7) is -0.575. The fourth-order valence-electron chi connectivity index (χ4n) is 2.75. The van der Waals surface area contributed by atoms with Crippen LogP contribution >= 0.6 is 0 Å². The molecule has 9 heteroatoms. The Morgan fingerprint density at radius 3 is 2.34 bits per heavy atom. The molecular weight excluding hydrogens is 432 g/mol. The number of aromatic nitrogens is 1. The molecule has 8 nitrogen and oxygen atoms in total. The molecule has 0 N–H and O–H groups in total. The van der Waals surface area contributed by atoms with Crippen molar-refractivity contribution in [2.45, 2.75) is 5.03 Å². The van der Waals surface area contributed by atoms with Gasteiger partial charge in [0.05, 0.1) is 12.8 Å². The molecular formula is C23H20N2O6S. The fraction of sp³-hybridized carbons (Fsp3) is 0.0870.